The summed E-state index contributed by atoms with van der Waals surface area (Å²) in [6.45, 7) is 9.49. The van der Waals surface area contributed by atoms with E-state index in [9.17, 15) is 0 Å². The number of nitrogens with one attached hydrogen (secondary N) is 1. The molecule has 0 bridgehead atoms. The molecule has 2 unspecified atom stereocenters. The van der Waals surface area contributed by atoms with E-state index >= 15 is 0 Å². The van der Waals surface area contributed by atoms with Crippen LogP contribution in [-0.2, 0) is 0 Å². The summed E-state index contributed by atoms with van der Waals surface area (Å²) >= 11 is 0. The van der Waals surface area contributed by atoms with Crippen LogP contribution in [0.25, 0.3) is 0 Å². The molecule has 2 saturated carbocycles. The van der Waals surface area contributed by atoms with Gasteiger partial charge in [0.05, 0.1) is 0 Å². The van der Waals surface area contributed by atoms with Crippen molar-refractivity contribution in [3.8, 4) is 0 Å². The molecule has 2 aliphatic carbocycles. The Bertz CT molecular complexity index is 223. The van der Waals surface area contributed by atoms with Crippen LogP contribution in [0.1, 0.15) is 59.3 Å². The Balaban J connectivity index is 1.79. The summed E-state index contributed by atoms with van der Waals surface area (Å²) < 4.78 is 0. The predicted octanol–water partition coefficient (Wildman–Crippen LogP) is 3.03. The molecular weight excluding hydrogens is 208 g/mol. The maximum atomic E-state index is 3.70. The number of hydrogen-bond donors (Lipinski definition) is 1. The lowest BCUT2D eigenvalue weighted by atomic mass is 10.1. The van der Waals surface area contributed by atoms with Crippen LogP contribution in [0.2, 0.25) is 0 Å². The first-order valence-electron chi connectivity index (χ1n) is 7.69. The summed E-state index contributed by atoms with van der Waals surface area (Å²) in [7, 11) is 0. The molecule has 0 amide bonds. The summed E-state index contributed by atoms with van der Waals surface area (Å²) in [4.78, 5) is 2.83. The molecule has 100 valence electrons. The van der Waals surface area contributed by atoms with Crippen molar-refractivity contribution in [3.63, 3.8) is 0 Å². The highest BCUT2D eigenvalue weighted by atomic mass is 15.2. The van der Waals surface area contributed by atoms with E-state index in [0.29, 0.717) is 0 Å². The van der Waals surface area contributed by atoms with Gasteiger partial charge in [0, 0.05) is 24.7 Å². The van der Waals surface area contributed by atoms with Crippen LogP contribution in [0, 0.1) is 5.92 Å². The fraction of sp³-hybridized carbons (Fsp3) is 1.00. The summed E-state index contributed by atoms with van der Waals surface area (Å²) in [6.07, 6.45) is 8.38. The molecule has 0 saturated heterocycles. The molecule has 2 atom stereocenters. The van der Waals surface area contributed by atoms with Crippen LogP contribution in [-0.4, -0.2) is 36.1 Å². The highest BCUT2D eigenvalue weighted by molar-refractivity contribution is 4.94. The van der Waals surface area contributed by atoms with E-state index in [1.54, 1.807) is 0 Å². The average molecular weight is 238 g/mol. The first-order chi connectivity index (χ1) is 8.20. The van der Waals surface area contributed by atoms with Crippen molar-refractivity contribution in [1.29, 1.82) is 0 Å². The summed E-state index contributed by atoms with van der Waals surface area (Å²) in [6, 6.07) is 2.61. The second kappa shape index (κ2) is 6.19. The third-order valence-corrected chi connectivity index (χ3v) is 4.15. The Labute approximate surface area is 107 Å². The SMILES string of the molecule is CCCNC1CCC(N(CC(C)C)C2CC2)C1. The first kappa shape index (κ1) is 13.4. The third kappa shape index (κ3) is 3.96. The molecule has 0 aliphatic heterocycles. The molecule has 1 N–H and O–H groups in total. The van der Waals surface area contributed by atoms with Gasteiger partial charge in [0.1, 0.15) is 0 Å². The topological polar surface area (TPSA) is 15.3 Å². The van der Waals surface area contributed by atoms with E-state index in [2.05, 4.69) is 31.0 Å². The zero-order valence-corrected chi connectivity index (χ0v) is 11.9. The molecule has 0 heterocycles. The minimum atomic E-state index is 0.799. The third-order valence-electron chi connectivity index (χ3n) is 4.15. The van der Waals surface area contributed by atoms with Crippen molar-refractivity contribution in [2.45, 2.75) is 77.4 Å². The van der Waals surface area contributed by atoms with E-state index in [1.807, 2.05) is 0 Å². The van der Waals surface area contributed by atoms with Crippen molar-refractivity contribution in [2.75, 3.05) is 13.1 Å². The fourth-order valence-electron chi connectivity index (χ4n) is 3.22. The van der Waals surface area contributed by atoms with Crippen LogP contribution in [0.5, 0.6) is 0 Å². The van der Waals surface area contributed by atoms with E-state index in [4.69, 9.17) is 0 Å². The molecule has 0 aromatic heterocycles. The lowest BCUT2D eigenvalue weighted by Gasteiger charge is -2.30. The van der Waals surface area contributed by atoms with Crippen molar-refractivity contribution in [2.24, 2.45) is 5.92 Å². The molecule has 0 aromatic carbocycles. The predicted molar refractivity (Wildman–Crippen MR) is 74.3 cm³/mol. The zero-order chi connectivity index (χ0) is 12.3. The number of nitrogens with zero attached hydrogens (tertiary/aromatic N) is 1. The van der Waals surface area contributed by atoms with Gasteiger partial charge in [-0.05, 0) is 51.0 Å². The van der Waals surface area contributed by atoms with Crippen LogP contribution < -0.4 is 5.32 Å². The Kier molecular flexibility index (Phi) is 4.87. The Morgan fingerprint density at radius 3 is 2.41 bits per heavy atom. The molecule has 2 nitrogen and oxygen atoms in total. The average Bonchev–Trinajstić information content (AvgIpc) is 3.02. The van der Waals surface area contributed by atoms with Gasteiger partial charge in [-0.25, -0.2) is 0 Å². The standard InChI is InChI=1S/C15H30N2/c1-4-9-16-13-5-6-15(10-13)17(11-12(2)3)14-7-8-14/h12-16H,4-11H2,1-3H3. The normalized spacial score (nSPS) is 29.5. The summed E-state index contributed by atoms with van der Waals surface area (Å²) in [5.74, 6) is 0.818. The van der Waals surface area contributed by atoms with Gasteiger partial charge >= 0.3 is 0 Å². The Morgan fingerprint density at radius 1 is 1.12 bits per heavy atom. The Hall–Kier alpha value is -0.0800. The van der Waals surface area contributed by atoms with E-state index in [0.717, 1.165) is 24.0 Å². The maximum Gasteiger partial charge on any atom is 0.0114 e. The number of hydrogen-bond acceptors (Lipinski definition) is 2. The Morgan fingerprint density at radius 2 is 1.82 bits per heavy atom. The van der Waals surface area contributed by atoms with Crippen molar-refractivity contribution in [1.82, 2.24) is 10.2 Å². The van der Waals surface area contributed by atoms with Crippen molar-refractivity contribution in [3.05, 3.63) is 0 Å². The van der Waals surface area contributed by atoms with Gasteiger partial charge in [-0.1, -0.05) is 20.8 Å². The second-order valence-electron chi connectivity index (χ2n) is 6.44. The maximum absolute atomic E-state index is 3.70. The quantitative estimate of drug-likeness (QED) is 0.733. The summed E-state index contributed by atoms with van der Waals surface area (Å²) in [5, 5.41) is 3.70. The number of rotatable bonds is 7. The highest BCUT2D eigenvalue weighted by Crippen LogP contribution is 2.35. The molecule has 17 heavy (non-hydrogen) atoms. The molecule has 2 heteroatoms. The van der Waals surface area contributed by atoms with Crippen LogP contribution >= 0.6 is 0 Å². The second-order valence-corrected chi connectivity index (χ2v) is 6.44. The zero-order valence-electron chi connectivity index (χ0n) is 11.9. The van der Waals surface area contributed by atoms with E-state index in [1.165, 1.54) is 51.6 Å². The largest absolute Gasteiger partial charge is 0.314 e. The van der Waals surface area contributed by atoms with Gasteiger partial charge in [0.2, 0.25) is 0 Å². The summed E-state index contributed by atoms with van der Waals surface area (Å²) in [5.41, 5.74) is 0. The van der Waals surface area contributed by atoms with E-state index < -0.39 is 0 Å². The van der Waals surface area contributed by atoms with E-state index in [-0.39, 0.29) is 0 Å². The van der Waals surface area contributed by atoms with Crippen LogP contribution in [0.4, 0.5) is 0 Å². The van der Waals surface area contributed by atoms with Gasteiger partial charge in [0.15, 0.2) is 0 Å². The fourth-order valence-corrected chi connectivity index (χ4v) is 3.22. The molecule has 0 aromatic rings. The van der Waals surface area contributed by atoms with Crippen molar-refractivity contribution < 1.29 is 0 Å². The van der Waals surface area contributed by atoms with Gasteiger partial charge in [-0.3, -0.25) is 4.90 Å². The van der Waals surface area contributed by atoms with Gasteiger partial charge < -0.3 is 5.32 Å². The minimum absolute atomic E-state index is 0.799. The lowest BCUT2D eigenvalue weighted by molar-refractivity contribution is 0.165. The first-order valence-corrected chi connectivity index (χ1v) is 7.69. The van der Waals surface area contributed by atoms with Crippen LogP contribution in [0.15, 0.2) is 0 Å². The monoisotopic (exact) mass is 238 g/mol. The molecule has 2 aliphatic rings. The molecule has 0 radical (unpaired) electrons. The van der Waals surface area contributed by atoms with Crippen molar-refractivity contribution >= 4 is 0 Å². The smallest absolute Gasteiger partial charge is 0.0114 e. The molecule has 2 rings (SSSR count). The van der Waals surface area contributed by atoms with Gasteiger partial charge in [-0.2, -0.15) is 0 Å². The highest BCUT2D eigenvalue weighted by Gasteiger charge is 2.37. The molecule has 0 spiro atoms. The lowest BCUT2D eigenvalue weighted by Crippen LogP contribution is -2.39. The molecule has 2 fully saturated rings. The van der Waals surface area contributed by atoms with Gasteiger partial charge in [-0.15, -0.1) is 0 Å². The minimum Gasteiger partial charge on any atom is -0.314 e. The van der Waals surface area contributed by atoms with Gasteiger partial charge in [0.25, 0.3) is 0 Å². The van der Waals surface area contributed by atoms with Crippen LogP contribution in [0.3, 0.4) is 0 Å². The molecular formula is C15H30N2.